The van der Waals surface area contributed by atoms with E-state index >= 15 is 0 Å². The molecule has 4 nitrogen and oxygen atoms in total. The van der Waals surface area contributed by atoms with Crippen molar-refractivity contribution in [2.75, 3.05) is 0 Å². The summed E-state index contributed by atoms with van der Waals surface area (Å²) in [6, 6.07) is 29.3. The lowest BCUT2D eigenvalue weighted by Gasteiger charge is -2.08. The molecule has 0 radical (unpaired) electrons. The number of hydrogen-bond acceptors (Lipinski definition) is 3. The molecule has 2 aromatic heterocycles. The standard InChI is InChI=1S/C26H19N3O/c1-29-17-21(20-14-8-9-15-24(20)29)25(30)23-16-22(18-10-4-2-5-11-18)27-26(28-23)19-12-6-3-7-13-19/h2-17H,1H3. The second-order valence-electron chi connectivity index (χ2n) is 7.19. The Morgan fingerprint density at radius 3 is 2.13 bits per heavy atom. The van der Waals surface area contributed by atoms with Gasteiger partial charge in [0.15, 0.2) is 5.82 Å². The van der Waals surface area contributed by atoms with Gasteiger partial charge in [-0.15, -0.1) is 0 Å². The zero-order chi connectivity index (χ0) is 20.5. The Hall–Kier alpha value is -4.05. The highest BCUT2D eigenvalue weighted by Crippen LogP contribution is 2.26. The molecule has 5 rings (SSSR count). The Labute approximate surface area is 174 Å². The van der Waals surface area contributed by atoms with E-state index in [9.17, 15) is 4.79 Å². The average Bonchev–Trinajstić information content (AvgIpc) is 3.16. The number of rotatable bonds is 4. The topological polar surface area (TPSA) is 47.8 Å². The molecule has 0 fully saturated rings. The van der Waals surface area contributed by atoms with E-state index in [0.717, 1.165) is 27.7 Å². The summed E-state index contributed by atoms with van der Waals surface area (Å²) in [5, 5.41) is 0.922. The predicted octanol–water partition coefficient (Wildman–Crippen LogP) is 5.53. The number of benzene rings is 3. The van der Waals surface area contributed by atoms with Crippen molar-refractivity contribution in [1.29, 1.82) is 0 Å². The van der Waals surface area contributed by atoms with Crippen molar-refractivity contribution in [3.05, 3.63) is 108 Å². The van der Waals surface area contributed by atoms with E-state index in [1.807, 2.05) is 103 Å². The van der Waals surface area contributed by atoms with Crippen molar-refractivity contribution >= 4 is 16.7 Å². The van der Waals surface area contributed by atoms with E-state index in [1.165, 1.54) is 0 Å². The van der Waals surface area contributed by atoms with E-state index < -0.39 is 0 Å². The Kier molecular flexibility index (Phi) is 4.45. The molecule has 0 unspecified atom stereocenters. The molecule has 3 aromatic carbocycles. The first-order valence-corrected chi connectivity index (χ1v) is 9.79. The first kappa shape index (κ1) is 18.0. The SMILES string of the molecule is Cn1cc(C(=O)c2cc(-c3ccccc3)nc(-c3ccccc3)n2)c2ccccc21. The van der Waals surface area contributed by atoms with Crippen molar-refractivity contribution < 1.29 is 4.79 Å². The van der Waals surface area contributed by atoms with Gasteiger partial charge in [0.2, 0.25) is 5.78 Å². The molecule has 0 aliphatic carbocycles. The molecule has 0 aliphatic heterocycles. The Balaban J connectivity index is 1.70. The summed E-state index contributed by atoms with van der Waals surface area (Å²) in [5.74, 6) is 0.434. The van der Waals surface area contributed by atoms with Gasteiger partial charge >= 0.3 is 0 Å². The van der Waals surface area contributed by atoms with Crippen LogP contribution in [0.3, 0.4) is 0 Å². The van der Waals surface area contributed by atoms with Crippen molar-refractivity contribution in [2.24, 2.45) is 7.05 Å². The molecule has 0 saturated carbocycles. The van der Waals surface area contributed by atoms with Gasteiger partial charge in [0, 0.05) is 40.8 Å². The lowest BCUT2D eigenvalue weighted by atomic mass is 10.0. The van der Waals surface area contributed by atoms with Crippen molar-refractivity contribution in [1.82, 2.24) is 14.5 Å². The quantitative estimate of drug-likeness (QED) is 0.380. The van der Waals surface area contributed by atoms with Crippen LogP contribution in [0.5, 0.6) is 0 Å². The largest absolute Gasteiger partial charge is 0.350 e. The van der Waals surface area contributed by atoms with E-state index in [1.54, 1.807) is 6.07 Å². The van der Waals surface area contributed by atoms with Crippen LogP contribution in [0.4, 0.5) is 0 Å². The van der Waals surface area contributed by atoms with Gasteiger partial charge in [0.05, 0.1) is 5.69 Å². The van der Waals surface area contributed by atoms with Gasteiger partial charge in [-0.25, -0.2) is 9.97 Å². The molecule has 0 amide bonds. The number of aryl methyl sites for hydroxylation is 1. The highest BCUT2D eigenvalue weighted by molar-refractivity contribution is 6.16. The summed E-state index contributed by atoms with van der Waals surface area (Å²) in [5.41, 5.74) is 4.60. The molecule has 0 spiro atoms. The minimum Gasteiger partial charge on any atom is -0.350 e. The lowest BCUT2D eigenvalue weighted by Crippen LogP contribution is -2.07. The van der Waals surface area contributed by atoms with Crippen LogP contribution >= 0.6 is 0 Å². The smallest absolute Gasteiger partial charge is 0.213 e. The van der Waals surface area contributed by atoms with Gasteiger partial charge in [-0.05, 0) is 12.1 Å². The third kappa shape index (κ3) is 3.18. The van der Waals surface area contributed by atoms with Crippen molar-refractivity contribution in [3.63, 3.8) is 0 Å². The summed E-state index contributed by atoms with van der Waals surface area (Å²) in [4.78, 5) is 22.9. The summed E-state index contributed by atoms with van der Waals surface area (Å²) in [6.45, 7) is 0. The fraction of sp³-hybridized carbons (Fsp3) is 0.0385. The van der Waals surface area contributed by atoms with Crippen LogP contribution in [-0.2, 0) is 7.05 Å². The van der Waals surface area contributed by atoms with Crippen molar-refractivity contribution in [3.8, 4) is 22.6 Å². The average molecular weight is 389 g/mol. The van der Waals surface area contributed by atoms with E-state index in [0.29, 0.717) is 17.1 Å². The number of hydrogen-bond donors (Lipinski definition) is 0. The zero-order valence-electron chi connectivity index (χ0n) is 16.5. The Morgan fingerprint density at radius 1 is 0.767 bits per heavy atom. The van der Waals surface area contributed by atoms with E-state index in [4.69, 9.17) is 4.98 Å². The van der Waals surface area contributed by atoms with Gasteiger partial charge in [0.1, 0.15) is 5.69 Å². The van der Waals surface area contributed by atoms with Crippen LogP contribution in [-0.4, -0.2) is 20.3 Å². The number of nitrogens with zero attached hydrogens (tertiary/aromatic N) is 3. The van der Waals surface area contributed by atoms with Gasteiger partial charge in [-0.2, -0.15) is 0 Å². The van der Waals surface area contributed by atoms with Gasteiger partial charge in [-0.1, -0.05) is 78.9 Å². The molecular weight excluding hydrogens is 370 g/mol. The maximum atomic E-state index is 13.5. The maximum Gasteiger partial charge on any atom is 0.213 e. The monoisotopic (exact) mass is 389 g/mol. The van der Waals surface area contributed by atoms with Crippen LogP contribution in [0.1, 0.15) is 16.1 Å². The maximum absolute atomic E-state index is 13.5. The van der Waals surface area contributed by atoms with Gasteiger partial charge in [0.25, 0.3) is 0 Å². The Morgan fingerprint density at radius 2 is 1.40 bits per heavy atom. The molecule has 0 aliphatic rings. The number of carbonyl (C=O) groups excluding carboxylic acids is 1. The minimum absolute atomic E-state index is 0.108. The van der Waals surface area contributed by atoms with Gasteiger partial charge < -0.3 is 4.57 Å². The summed E-state index contributed by atoms with van der Waals surface area (Å²) in [7, 11) is 1.95. The molecule has 0 bridgehead atoms. The second kappa shape index (κ2) is 7.41. The van der Waals surface area contributed by atoms with Crippen molar-refractivity contribution in [2.45, 2.75) is 0 Å². The van der Waals surface area contributed by atoms with E-state index in [-0.39, 0.29) is 5.78 Å². The zero-order valence-corrected chi connectivity index (χ0v) is 16.5. The fourth-order valence-corrected chi connectivity index (χ4v) is 3.70. The molecular formula is C26H19N3O. The normalized spacial score (nSPS) is 11.0. The number of para-hydroxylation sites is 1. The highest BCUT2D eigenvalue weighted by atomic mass is 16.1. The van der Waals surface area contributed by atoms with Crippen LogP contribution in [0.25, 0.3) is 33.5 Å². The number of carbonyl (C=O) groups is 1. The Bertz CT molecular complexity index is 1300. The highest BCUT2D eigenvalue weighted by Gasteiger charge is 2.19. The number of fused-ring (bicyclic) bond motifs is 1. The van der Waals surface area contributed by atoms with Crippen LogP contribution < -0.4 is 0 Å². The molecule has 144 valence electrons. The molecule has 5 aromatic rings. The molecule has 30 heavy (non-hydrogen) atoms. The molecule has 0 atom stereocenters. The number of aromatic nitrogens is 3. The van der Waals surface area contributed by atoms with Crippen LogP contribution in [0, 0.1) is 0 Å². The van der Waals surface area contributed by atoms with Crippen LogP contribution in [0.2, 0.25) is 0 Å². The molecule has 2 heterocycles. The second-order valence-corrected chi connectivity index (χ2v) is 7.19. The fourth-order valence-electron chi connectivity index (χ4n) is 3.70. The predicted molar refractivity (Wildman–Crippen MR) is 119 cm³/mol. The summed E-state index contributed by atoms with van der Waals surface area (Å²) >= 11 is 0. The first-order chi connectivity index (χ1) is 14.7. The third-order valence-electron chi connectivity index (χ3n) is 5.20. The van der Waals surface area contributed by atoms with E-state index in [2.05, 4.69) is 4.98 Å². The van der Waals surface area contributed by atoms with Crippen LogP contribution in [0.15, 0.2) is 97.2 Å². The third-order valence-corrected chi connectivity index (χ3v) is 5.20. The summed E-state index contributed by atoms with van der Waals surface area (Å²) in [6.07, 6.45) is 1.87. The minimum atomic E-state index is -0.108. The molecule has 4 heteroatoms. The van der Waals surface area contributed by atoms with Gasteiger partial charge in [-0.3, -0.25) is 4.79 Å². The summed E-state index contributed by atoms with van der Waals surface area (Å²) < 4.78 is 1.97. The molecule has 0 N–H and O–H groups in total. The number of ketones is 1. The first-order valence-electron chi connectivity index (χ1n) is 9.79. The molecule has 0 saturated heterocycles. The lowest BCUT2D eigenvalue weighted by molar-refractivity contribution is 0.103.